The zero-order valence-corrected chi connectivity index (χ0v) is 10.2. The van der Waals surface area contributed by atoms with E-state index in [9.17, 15) is 0 Å². The van der Waals surface area contributed by atoms with Crippen molar-refractivity contribution >= 4 is 11.3 Å². The Hall–Kier alpha value is -0.340. The van der Waals surface area contributed by atoms with E-state index in [2.05, 4.69) is 43.6 Å². The summed E-state index contributed by atoms with van der Waals surface area (Å²) in [6.07, 6.45) is 3.78. The fourth-order valence-electron chi connectivity index (χ4n) is 1.73. The Morgan fingerprint density at radius 3 is 2.71 bits per heavy atom. The van der Waals surface area contributed by atoms with Crippen molar-refractivity contribution in [3.8, 4) is 0 Å². The van der Waals surface area contributed by atoms with Gasteiger partial charge in [0.15, 0.2) is 0 Å². The van der Waals surface area contributed by atoms with Crippen LogP contribution in [-0.2, 0) is 0 Å². The van der Waals surface area contributed by atoms with Gasteiger partial charge in [0.2, 0.25) is 0 Å². The van der Waals surface area contributed by atoms with E-state index in [4.69, 9.17) is 0 Å². The Morgan fingerprint density at radius 1 is 1.43 bits per heavy atom. The van der Waals surface area contributed by atoms with E-state index >= 15 is 0 Å². The van der Waals surface area contributed by atoms with Gasteiger partial charge in [0, 0.05) is 17.0 Å². The molecule has 2 atom stereocenters. The highest BCUT2D eigenvalue weighted by molar-refractivity contribution is 7.10. The van der Waals surface area contributed by atoms with Crippen molar-refractivity contribution in [2.24, 2.45) is 0 Å². The van der Waals surface area contributed by atoms with Gasteiger partial charge in [-0.1, -0.05) is 26.3 Å². The summed E-state index contributed by atoms with van der Waals surface area (Å²) in [5.74, 6) is 0. The summed E-state index contributed by atoms with van der Waals surface area (Å²) in [6.45, 7) is 6.76. The largest absolute Gasteiger partial charge is 0.307 e. The van der Waals surface area contributed by atoms with Gasteiger partial charge in [-0.05, 0) is 31.2 Å². The van der Waals surface area contributed by atoms with Gasteiger partial charge in [-0.2, -0.15) is 0 Å². The molecule has 0 spiro atoms. The second-order valence-corrected chi connectivity index (χ2v) is 4.78. The molecule has 0 aliphatic carbocycles. The van der Waals surface area contributed by atoms with Crippen molar-refractivity contribution < 1.29 is 0 Å². The quantitative estimate of drug-likeness (QED) is 0.750. The maximum atomic E-state index is 3.68. The minimum atomic E-state index is 0.506. The maximum absolute atomic E-state index is 3.68. The summed E-state index contributed by atoms with van der Waals surface area (Å²) in [7, 11) is 0. The lowest BCUT2D eigenvalue weighted by Gasteiger charge is -2.21. The second kappa shape index (κ2) is 6.20. The zero-order chi connectivity index (χ0) is 10.4. The highest BCUT2D eigenvalue weighted by atomic mass is 32.1. The van der Waals surface area contributed by atoms with Crippen LogP contribution in [-0.4, -0.2) is 6.04 Å². The smallest absolute Gasteiger partial charge is 0.0388 e. The van der Waals surface area contributed by atoms with Crippen LogP contribution in [0.2, 0.25) is 0 Å². The van der Waals surface area contributed by atoms with Crippen molar-refractivity contribution in [2.45, 2.75) is 52.1 Å². The normalized spacial score (nSPS) is 15.4. The van der Waals surface area contributed by atoms with Gasteiger partial charge in [0.05, 0.1) is 0 Å². The molecule has 1 unspecified atom stereocenters. The van der Waals surface area contributed by atoms with Crippen LogP contribution >= 0.6 is 11.3 Å². The van der Waals surface area contributed by atoms with Crippen LogP contribution in [0.5, 0.6) is 0 Å². The fourth-order valence-corrected chi connectivity index (χ4v) is 2.47. The lowest BCUT2D eigenvalue weighted by Crippen LogP contribution is -2.30. The molecule has 2 heteroatoms. The molecule has 0 saturated carbocycles. The maximum Gasteiger partial charge on any atom is 0.0388 e. The first-order valence-electron chi connectivity index (χ1n) is 5.57. The summed E-state index contributed by atoms with van der Waals surface area (Å²) < 4.78 is 0. The topological polar surface area (TPSA) is 12.0 Å². The van der Waals surface area contributed by atoms with E-state index in [0.717, 1.165) is 0 Å². The molecule has 1 aromatic heterocycles. The van der Waals surface area contributed by atoms with E-state index in [1.54, 1.807) is 0 Å². The monoisotopic (exact) mass is 211 g/mol. The van der Waals surface area contributed by atoms with Gasteiger partial charge in [-0.3, -0.25) is 0 Å². The zero-order valence-electron chi connectivity index (χ0n) is 9.42. The van der Waals surface area contributed by atoms with Gasteiger partial charge < -0.3 is 5.32 Å². The van der Waals surface area contributed by atoms with Crippen LogP contribution < -0.4 is 5.32 Å². The molecule has 80 valence electrons. The molecule has 1 heterocycles. The van der Waals surface area contributed by atoms with Crippen LogP contribution in [0.4, 0.5) is 0 Å². The first kappa shape index (κ1) is 11.7. The van der Waals surface area contributed by atoms with Crippen molar-refractivity contribution in [2.75, 3.05) is 0 Å². The van der Waals surface area contributed by atoms with Crippen molar-refractivity contribution in [1.29, 1.82) is 0 Å². The number of nitrogens with one attached hydrogen (secondary N) is 1. The third kappa shape index (κ3) is 3.43. The third-order valence-corrected chi connectivity index (χ3v) is 3.64. The molecule has 1 rings (SSSR count). The van der Waals surface area contributed by atoms with Crippen LogP contribution in [0.15, 0.2) is 17.5 Å². The number of hydrogen-bond donors (Lipinski definition) is 1. The average molecular weight is 211 g/mol. The molecule has 14 heavy (non-hydrogen) atoms. The SMILES string of the molecule is CCCC(CC)N[C@H](C)c1cccs1. The highest BCUT2D eigenvalue weighted by Crippen LogP contribution is 2.19. The molecule has 0 amide bonds. The molecule has 1 aromatic rings. The van der Waals surface area contributed by atoms with Crippen LogP contribution in [0.1, 0.15) is 51.0 Å². The molecule has 0 bridgehead atoms. The predicted molar refractivity (Wildman–Crippen MR) is 64.9 cm³/mol. The summed E-state index contributed by atoms with van der Waals surface area (Å²) in [4.78, 5) is 1.44. The number of hydrogen-bond acceptors (Lipinski definition) is 2. The van der Waals surface area contributed by atoms with Crippen LogP contribution in [0, 0.1) is 0 Å². The number of thiophene rings is 1. The lowest BCUT2D eigenvalue weighted by atomic mass is 10.1. The van der Waals surface area contributed by atoms with Gasteiger partial charge in [0.1, 0.15) is 0 Å². The van der Waals surface area contributed by atoms with Crippen molar-refractivity contribution in [1.82, 2.24) is 5.32 Å². The molecule has 1 nitrogen and oxygen atoms in total. The molecule has 0 saturated heterocycles. The summed E-state index contributed by atoms with van der Waals surface area (Å²) >= 11 is 1.84. The molecular formula is C12H21NS. The molecule has 0 aromatic carbocycles. The lowest BCUT2D eigenvalue weighted by molar-refractivity contribution is 0.420. The van der Waals surface area contributed by atoms with E-state index < -0.39 is 0 Å². The Morgan fingerprint density at radius 2 is 2.21 bits per heavy atom. The third-order valence-electron chi connectivity index (χ3n) is 2.59. The molecule has 0 radical (unpaired) electrons. The Kier molecular flexibility index (Phi) is 5.20. The van der Waals surface area contributed by atoms with E-state index in [-0.39, 0.29) is 0 Å². The standard InChI is InChI=1S/C12H21NS/c1-4-7-11(5-2)13-10(3)12-8-6-9-14-12/h6,8-11,13H,4-5,7H2,1-3H3/t10-,11?/m1/s1. The van der Waals surface area contributed by atoms with Crippen LogP contribution in [0.3, 0.4) is 0 Å². The minimum Gasteiger partial charge on any atom is -0.307 e. The molecular weight excluding hydrogens is 190 g/mol. The second-order valence-electron chi connectivity index (χ2n) is 3.80. The van der Waals surface area contributed by atoms with Gasteiger partial charge in [-0.15, -0.1) is 11.3 Å². The summed E-state index contributed by atoms with van der Waals surface area (Å²) in [5.41, 5.74) is 0. The van der Waals surface area contributed by atoms with Gasteiger partial charge in [-0.25, -0.2) is 0 Å². The number of rotatable bonds is 6. The molecule has 0 aliphatic rings. The first-order valence-corrected chi connectivity index (χ1v) is 6.45. The Bertz CT molecular complexity index is 230. The van der Waals surface area contributed by atoms with Crippen molar-refractivity contribution in [3.63, 3.8) is 0 Å². The summed E-state index contributed by atoms with van der Waals surface area (Å²) in [6, 6.07) is 5.52. The summed E-state index contributed by atoms with van der Waals surface area (Å²) in [5, 5.41) is 5.83. The van der Waals surface area contributed by atoms with Crippen LogP contribution in [0.25, 0.3) is 0 Å². The molecule has 0 aliphatic heterocycles. The minimum absolute atomic E-state index is 0.506. The first-order chi connectivity index (χ1) is 6.77. The predicted octanol–water partition coefficient (Wildman–Crippen LogP) is 3.98. The van der Waals surface area contributed by atoms with E-state index in [1.165, 1.54) is 24.1 Å². The van der Waals surface area contributed by atoms with Gasteiger partial charge in [0.25, 0.3) is 0 Å². The molecule has 1 N–H and O–H groups in total. The van der Waals surface area contributed by atoms with E-state index in [0.29, 0.717) is 12.1 Å². The fraction of sp³-hybridized carbons (Fsp3) is 0.667. The average Bonchev–Trinajstić information content (AvgIpc) is 2.69. The highest BCUT2D eigenvalue weighted by Gasteiger charge is 2.11. The Labute approximate surface area is 91.5 Å². The van der Waals surface area contributed by atoms with Gasteiger partial charge >= 0.3 is 0 Å². The van der Waals surface area contributed by atoms with E-state index in [1.807, 2.05) is 11.3 Å². The Balaban J connectivity index is 2.42. The molecule has 0 fully saturated rings. The van der Waals surface area contributed by atoms with Crippen molar-refractivity contribution in [3.05, 3.63) is 22.4 Å².